The lowest BCUT2D eigenvalue weighted by Gasteiger charge is -2.12. The maximum Gasteiger partial charge on any atom is 0.249 e. The fourth-order valence-corrected chi connectivity index (χ4v) is 2.34. The highest BCUT2D eigenvalue weighted by molar-refractivity contribution is 6.30. The molecule has 1 heterocycles. The summed E-state index contributed by atoms with van der Waals surface area (Å²) in [4.78, 5) is 4.39. The molecule has 25 heavy (non-hydrogen) atoms. The van der Waals surface area contributed by atoms with Gasteiger partial charge in [0, 0.05) is 16.8 Å². The van der Waals surface area contributed by atoms with E-state index in [4.69, 9.17) is 21.1 Å². The number of ether oxygens (including phenoxy) is 2. The Kier molecular flexibility index (Phi) is 5.15. The Balaban J connectivity index is 1.80. The molecule has 0 saturated carbocycles. The van der Waals surface area contributed by atoms with Crippen molar-refractivity contribution in [3.8, 4) is 11.5 Å². The van der Waals surface area contributed by atoms with E-state index in [2.05, 4.69) is 25.8 Å². The largest absolute Gasteiger partial charge is 0.497 e. The summed E-state index contributed by atoms with van der Waals surface area (Å²) in [5, 5.41) is 14.8. The molecule has 3 aromatic rings. The van der Waals surface area contributed by atoms with Crippen LogP contribution in [-0.2, 0) is 0 Å². The molecule has 0 fully saturated rings. The normalized spacial score (nSPS) is 10.2. The highest BCUT2D eigenvalue weighted by atomic mass is 35.5. The average Bonchev–Trinajstić information content (AvgIpc) is 2.62. The first-order chi connectivity index (χ1) is 12.2. The van der Waals surface area contributed by atoms with Crippen LogP contribution in [0, 0.1) is 0 Å². The van der Waals surface area contributed by atoms with E-state index in [1.54, 1.807) is 32.4 Å². The number of hydrogen-bond acceptors (Lipinski definition) is 7. The van der Waals surface area contributed by atoms with Gasteiger partial charge in [0.2, 0.25) is 5.95 Å². The summed E-state index contributed by atoms with van der Waals surface area (Å²) in [5.74, 6) is 2.19. The van der Waals surface area contributed by atoms with Crippen molar-refractivity contribution >= 4 is 34.7 Å². The lowest BCUT2D eigenvalue weighted by Crippen LogP contribution is -2.03. The number of anilines is 4. The number of aromatic nitrogens is 3. The number of hydrogen-bond donors (Lipinski definition) is 2. The van der Waals surface area contributed by atoms with Gasteiger partial charge in [-0.05, 0) is 30.3 Å². The van der Waals surface area contributed by atoms with Crippen LogP contribution in [0.5, 0.6) is 11.5 Å². The van der Waals surface area contributed by atoms with Crippen LogP contribution in [0.2, 0.25) is 5.02 Å². The molecule has 8 heteroatoms. The van der Waals surface area contributed by atoms with Crippen molar-refractivity contribution in [2.24, 2.45) is 0 Å². The summed E-state index contributed by atoms with van der Waals surface area (Å²) in [6.45, 7) is 0. The number of methoxy groups -OCH3 is 2. The second-order valence-corrected chi connectivity index (χ2v) is 5.43. The Hall–Kier alpha value is -3.06. The van der Waals surface area contributed by atoms with Crippen LogP contribution < -0.4 is 20.1 Å². The van der Waals surface area contributed by atoms with E-state index in [1.165, 1.54) is 6.20 Å². The number of rotatable bonds is 6. The molecule has 0 bridgehead atoms. The van der Waals surface area contributed by atoms with E-state index in [0.29, 0.717) is 28.3 Å². The molecule has 7 nitrogen and oxygen atoms in total. The van der Waals surface area contributed by atoms with Gasteiger partial charge in [-0.25, -0.2) is 0 Å². The van der Waals surface area contributed by atoms with Gasteiger partial charge < -0.3 is 20.1 Å². The SMILES string of the molecule is COc1ccc(Nc2cnnc(Nc3cccc(Cl)c3)n2)c(OC)c1. The molecule has 3 rings (SSSR count). The maximum atomic E-state index is 5.97. The number of halogens is 1. The van der Waals surface area contributed by atoms with Crippen LogP contribution in [0.3, 0.4) is 0 Å². The lowest BCUT2D eigenvalue weighted by molar-refractivity contribution is 0.395. The summed E-state index contributed by atoms with van der Waals surface area (Å²) in [5.41, 5.74) is 1.51. The molecule has 0 spiro atoms. The van der Waals surface area contributed by atoms with Gasteiger partial charge >= 0.3 is 0 Å². The van der Waals surface area contributed by atoms with Crippen LogP contribution in [0.4, 0.5) is 23.1 Å². The van der Waals surface area contributed by atoms with Crippen molar-refractivity contribution < 1.29 is 9.47 Å². The number of nitrogens with zero attached hydrogens (tertiary/aromatic N) is 3. The Morgan fingerprint density at radius 3 is 2.64 bits per heavy atom. The van der Waals surface area contributed by atoms with Gasteiger partial charge in [0.1, 0.15) is 11.5 Å². The van der Waals surface area contributed by atoms with E-state index in [0.717, 1.165) is 11.4 Å². The standard InChI is InChI=1S/C17H16ClN5O2/c1-24-13-6-7-14(15(9-13)25-2)21-16-10-19-23-17(22-16)20-12-5-3-4-11(18)8-12/h3-10H,1-2H3,(H2,20,21,22,23). The fraction of sp³-hybridized carbons (Fsp3) is 0.118. The molecule has 128 valence electrons. The Labute approximate surface area is 150 Å². The molecule has 1 aromatic heterocycles. The second kappa shape index (κ2) is 7.67. The lowest BCUT2D eigenvalue weighted by atomic mass is 10.2. The first kappa shape index (κ1) is 16.8. The molecule has 2 aromatic carbocycles. The third kappa shape index (κ3) is 4.27. The van der Waals surface area contributed by atoms with Gasteiger partial charge in [0.05, 0.1) is 26.1 Å². The summed E-state index contributed by atoms with van der Waals surface area (Å²) in [6, 6.07) is 12.7. The topological polar surface area (TPSA) is 81.2 Å². The van der Waals surface area contributed by atoms with Crippen LogP contribution >= 0.6 is 11.6 Å². The average molecular weight is 358 g/mol. The zero-order valence-corrected chi connectivity index (χ0v) is 14.4. The van der Waals surface area contributed by atoms with Gasteiger partial charge in [-0.15, -0.1) is 5.10 Å². The van der Waals surface area contributed by atoms with Gasteiger partial charge in [-0.3, -0.25) is 0 Å². The molecule has 0 atom stereocenters. The van der Waals surface area contributed by atoms with Crippen molar-refractivity contribution in [3.05, 3.63) is 53.7 Å². The van der Waals surface area contributed by atoms with Gasteiger partial charge in [0.25, 0.3) is 0 Å². The minimum Gasteiger partial charge on any atom is -0.497 e. The molecular formula is C17H16ClN5O2. The molecule has 0 amide bonds. The van der Waals surface area contributed by atoms with Gasteiger partial charge in [-0.2, -0.15) is 10.1 Å². The summed E-state index contributed by atoms with van der Waals surface area (Å²) in [7, 11) is 3.19. The van der Waals surface area contributed by atoms with Gasteiger partial charge in [-0.1, -0.05) is 17.7 Å². The van der Waals surface area contributed by atoms with Crippen LogP contribution in [0.1, 0.15) is 0 Å². The number of benzene rings is 2. The smallest absolute Gasteiger partial charge is 0.249 e. The van der Waals surface area contributed by atoms with Crippen LogP contribution in [0.25, 0.3) is 0 Å². The van der Waals surface area contributed by atoms with Crippen molar-refractivity contribution in [1.82, 2.24) is 15.2 Å². The van der Waals surface area contributed by atoms with Crippen molar-refractivity contribution in [2.75, 3.05) is 24.9 Å². The van der Waals surface area contributed by atoms with Crippen LogP contribution in [0.15, 0.2) is 48.7 Å². The maximum absolute atomic E-state index is 5.97. The Bertz CT molecular complexity index is 875. The molecule has 0 aliphatic carbocycles. The monoisotopic (exact) mass is 357 g/mol. The quantitative estimate of drug-likeness (QED) is 0.689. The Morgan fingerprint density at radius 1 is 1.00 bits per heavy atom. The summed E-state index contributed by atoms with van der Waals surface area (Å²) < 4.78 is 10.6. The van der Waals surface area contributed by atoms with E-state index in [-0.39, 0.29) is 0 Å². The predicted molar refractivity (Wildman–Crippen MR) is 97.4 cm³/mol. The van der Waals surface area contributed by atoms with E-state index in [9.17, 15) is 0 Å². The minimum absolute atomic E-state index is 0.347. The third-order valence-corrected chi connectivity index (χ3v) is 3.55. The van der Waals surface area contributed by atoms with E-state index in [1.807, 2.05) is 24.3 Å². The second-order valence-electron chi connectivity index (χ2n) is 4.99. The highest BCUT2D eigenvalue weighted by Crippen LogP contribution is 2.31. The zero-order chi connectivity index (χ0) is 17.6. The van der Waals surface area contributed by atoms with Crippen LogP contribution in [-0.4, -0.2) is 29.4 Å². The van der Waals surface area contributed by atoms with Crippen molar-refractivity contribution in [2.45, 2.75) is 0 Å². The van der Waals surface area contributed by atoms with Crippen molar-refractivity contribution in [1.29, 1.82) is 0 Å². The van der Waals surface area contributed by atoms with E-state index >= 15 is 0 Å². The first-order valence-electron chi connectivity index (χ1n) is 7.39. The van der Waals surface area contributed by atoms with Gasteiger partial charge in [0.15, 0.2) is 5.82 Å². The molecule has 0 saturated heterocycles. The molecular weight excluding hydrogens is 342 g/mol. The molecule has 2 N–H and O–H groups in total. The molecule has 0 aliphatic heterocycles. The Morgan fingerprint density at radius 2 is 1.88 bits per heavy atom. The summed E-state index contributed by atoms with van der Waals surface area (Å²) in [6.07, 6.45) is 1.52. The first-order valence-corrected chi connectivity index (χ1v) is 7.77. The molecule has 0 aliphatic rings. The fourth-order valence-electron chi connectivity index (χ4n) is 2.15. The number of nitrogens with one attached hydrogen (secondary N) is 2. The molecule has 0 unspecified atom stereocenters. The third-order valence-electron chi connectivity index (χ3n) is 3.31. The molecule has 0 radical (unpaired) electrons. The predicted octanol–water partition coefficient (Wildman–Crippen LogP) is 4.03. The summed E-state index contributed by atoms with van der Waals surface area (Å²) >= 11 is 5.97. The highest BCUT2D eigenvalue weighted by Gasteiger charge is 2.08. The minimum atomic E-state index is 0.347. The van der Waals surface area contributed by atoms with E-state index < -0.39 is 0 Å². The zero-order valence-electron chi connectivity index (χ0n) is 13.7. The van der Waals surface area contributed by atoms with Crippen molar-refractivity contribution in [3.63, 3.8) is 0 Å².